The molecule has 0 aliphatic carbocycles. The fourth-order valence-corrected chi connectivity index (χ4v) is 2.61. The van der Waals surface area contributed by atoms with Crippen LogP contribution in [0.25, 0.3) is 0 Å². The van der Waals surface area contributed by atoms with Crippen molar-refractivity contribution in [3.63, 3.8) is 0 Å². The predicted molar refractivity (Wildman–Crippen MR) is 78.4 cm³/mol. The molecule has 0 saturated carbocycles. The van der Waals surface area contributed by atoms with Crippen LogP contribution in [0.2, 0.25) is 0 Å². The van der Waals surface area contributed by atoms with E-state index in [4.69, 9.17) is 0 Å². The zero-order chi connectivity index (χ0) is 14.5. The zero-order valence-electron chi connectivity index (χ0n) is 11.8. The van der Waals surface area contributed by atoms with Crippen LogP contribution < -0.4 is 5.32 Å². The number of hydrogen-bond donors (Lipinski definition) is 1. The molecule has 6 heteroatoms. The number of nitrogens with zero attached hydrogens (tertiary/aromatic N) is 4. The number of aryl methyl sites for hydroxylation is 1. The van der Waals surface area contributed by atoms with Gasteiger partial charge in [0.05, 0.1) is 5.56 Å². The van der Waals surface area contributed by atoms with E-state index in [2.05, 4.69) is 28.5 Å². The SMILES string of the molecule is CCNCc1ccc(Sc2nnc(C)n2C)c(C#N)c1. The molecular formula is C14H17N5S. The third kappa shape index (κ3) is 3.18. The van der Waals surface area contributed by atoms with Gasteiger partial charge in [0.2, 0.25) is 0 Å². The Morgan fingerprint density at radius 1 is 1.40 bits per heavy atom. The number of rotatable bonds is 5. The average Bonchev–Trinajstić information content (AvgIpc) is 2.78. The minimum atomic E-state index is 0.672. The average molecular weight is 287 g/mol. The van der Waals surface area contributed by atoms with Gasteiger partial charge in [0.1, 0.15) is 11.9 Å². The van der Waals surface area contributed by atoms with E-state index in [1.54, 1.807) is 0 Å². The molecule has 0 aliphatic rings. The van der Waals surface area contributed by atoms with Crippen molar-refractivity contribution in [3.05, 3.63) is 35.2 Å². The van der Waals surface area contributed by atoms with E-state index in [1.807, 2.05) is 36.7 Å². The van der Waals surface area contributed by atoms with Gasteiger partial charge in [-0.1, -0.05) is 13.0 Å². The summed E-state index contributed by atoms with van der Waals surface area (Å²) in [5.74, 6) is 0.856. The van der Waals surface area contributed by atoms with E-state index in [0.29, 0.717) is 5.56 Å². The molecule has 2 aromatic rings. The highest BCUT2D eigenvalue weighted by molar-refractivity contribution is 7.99. The van der Waals surface area contributed by atoms with Gasteiger partial charge in [-0.3, -0.25) is 0 Å². The lowest BCUT2D eigenvalue weighted by Gasteiger charge is -2.07. The topological polar surface area (TPSA) is 66.5 Å². The lowest BCUT2D eigenvalue weighted by atomic mass is 10.1. The molecule has 1 aromatic carbocycles. The van der Waals surface area contributed by atoms with Crippen molar-refractivity contribution in [2.24, 2.45) is 7.05 Å². The molecule has 0 saturated heterocycles. The van der Waals surface area contributed by atoms with E-state index < -0.39 is 0 Å². The Labute approximate surface area is 123 Å². The van der Waals surface area contributed by atoms with E-state index >= 15 is 0 Å². The van der Waals surface area contributed by atoms with Gasteiger partial charge in [0.15, 0.2) is 5.16 Å². The van der Waals surface area contributed by atoms with Crippen LogP contribution in [0, 0.1) is 18.3 Å². The summed E-state index contributed by atoms with van der Waals surface area (Å²) in [5, 5.41) is 21.5. The van der Waals surface area contributed by atoms with Crippen LogP contribution >= 0.6 is 11.8 Å². The van der Waals surface area contributed by atoms with E-state index in [0.717, 1.165) is 34.5 Å². The molecule has 0 unspecified atom stereocenters. The second-order valence-corrected chi connectivity index (χ2v) is 5.42. The number of hydrogen-bond acceptors (Lipinski definition) is 5. The van der Waals surface area contributed by atoms with Crippen molar-refractivity contribution >= 4 is 11.8 Å². The maximum Gasteiger partial charge on any atom is 0.195 e. The second kappa shape index (κ2) is 6.55. The molecule has 104 valence electrons. The quantitative estimate of drug-likeness (QED) is 0.913. The Bertz CT molecular complexity index is 641. The molecule has 0 spiro atoms. The van der Waals surface area contributed by atoms with Crippen molar-refractivity contribution in [2.75, 3.05) is 6.54 Å². The summed E-state index contributed by atoms with van der Waals surface area (Å²) in [6.07, 6.45) is 0. The molecule has 5 nitrogen and oxygen atoms in total. The van der Waals surface area contributed by atoms with Crippen molar-refractivity contribution in [2.45, 2.75) is 30.4 Å². The van der Waals surface area contributed by atoms with Gasteiger partial charge in [-0.25, -0.2) is 0 Å². The fourth-order valence-electron chi connectivity index (χ4n) is 1.71. The molecule has 1 N–H and O–H groups in total. The zero-order valence-corrected chi connectivity index (χ0v) is 12.7. The Morgan fingerprint density at radius 2 is 2.20 bits per heavy atom. The maximum absolute atomic E-state index is 9.29. The summed E-state index contributed by atoms with van der Waals surface area (Å²) < 4.78 is 1.92. The standard InChI is InChI=1S/C14H17N5S/c1-4-16-9-11-5-6-13(12(7-11)8-15)20-14-18-17-10(2)19(14)3/h5-7,16H,4,9H2,1-3H3. The van der Waals surface area contributed by atoms with Crippen molar-refractivity contribution in [1.82, 2.24) is 20.1 Å². The smallest absolute Gasteiger partial charge is 0.195 e. The summed E-state index contributed by atoms with van der Waals surface area (Å²) in [6, 6.07) is 8.19. The number of nitrogens with one attached hydrogen (secondary N) is 1. The lowest BCUT2D eigenvalue weighted by Crippen LogP contribution is -2.11. The first kappa shape index (κ1) is 14.6. The third-order valence-corrected chi connectivity index (χ3v) is 4.11. The molecule has 20 heavy (non-hydrogen) atoms. The Kier molecular flexibility index (Phi) is 4.77. The molecule has 2 rings (SSSR count). The Balaban J connectivity index is 2.24. The Morgan fingerprint density at radius 3 is 2.80 bits per heavy atom. The van der Waals surface area contributed by atoms with Gasteiger partial charge in [-0.05, 0) is 42.9 Å². The third-order valence-electron chi connectivity index (χ3n) is 3.00. The summed E-state index contributed by atoms with van der Waals surface area (Å²) >= 11 is 1.47. The summed E-state index contributed by atoms with van der Waals surface area (Å²) in [4.78, 5) is 0.906. The molecule has 0 radical (unpaired) electrons. The molecule has 0 atom stereocenters. The van der Waals surface area contributed by atoms with Gasteiger partial charge < -0.3 is 9.88 Å². The Hall–Kier alpha value is -1.84. The van der Waals surface area contributed by atoms with E-state index in [1.165, 1.54) is 11.8 Å². The predicted octanol–water partition coefficient (Wildman–Crippen LogP) is 2.26. The summed E-state index contributed by atoms with van der Waals surface area (Å²) in [7, 11) is 1.92. The monoisotopic (exact) mass is 287 g/mol. The van der Waals surface area contributed by atoms with Crippen LogP contribution in [-0.2, 0) is 13.6 Å². The van der Waals surface area contributed by atoms with Gasteiger partial charge in [0.25, 0.3) is 0 Å². The van der Waals surface area contributed by atoms with Crippen LogP contribution in [-0.4, -0.2) is 21.3 Å². The number of benzene rings is 1. The molecule has 1 aromatic heterocycles. The molecule has 0 fully saturated rings. The van der Waals surface area contributed by atoms with Crippen LogP contribution in [0.15, 0.2) is 28.3 Å². The molecular weight excluding hydrogens is 270 g/mol. The molecule has 0 bridgehead atoms. The van der Waals surface area contributed by atoms with Crippen LogP contribution in [0.1, 0.15) is 23.9 Å². The highest BCUT2D eigenvalue weighted by Gasteiger charge is 2.11. The van der Waals surface area contributed by atoms with Crippen molar-refractivity contribution in [3.8, 4) is 6.07 Å². The van der Waals surface area contributed by atoms with Gasteiger partial charge in [0, 0.05) is 18.5 Å². The van der Waals surface area contributed by atoms with Crippen molar-refractivity contribution in [1.29, 1.82) is 5.26 Å². The van der Waals surface area contributed by atoms with Gasteiger partial charge in [-0.15, -0.1) is 10.2 Å². The van der Waals surface area contributed by atoms with E-state index in [-0.39, 0.29) is 0 Å². The molecule has 1 heterocycles. The minimum Gasteiger partial charge on any atom is -0.313 e. The second-order valence-electron chi connectivity index (χ2n) is 4.41. The van der Waals surface area contributed by atoms with Crippen LogP contribution in [0.5, 0.6) is 0 Å². The van der Waals surface area contributed by atoms with Crippen molar-refractivity contribution < 1.29 is 0 Å². The molecule has 0 amide bonds. The largest absolute Gasteiger partial charge is 0.313 e. The highest BCUT2D eigenvalue weighted by Crippen LogP contribution is 2.29. The van der Waals surface area contributed by atoms with Crippen LogP contribution in [0.4, 0.5) is 0 Å². The number of nitriles is 1. The first-order valence-corrected chi connectivity index (χ1v) is 7.25. The first-order valence-electron chi connectivity index (χ1n) is 6.43. The summed E-state index contributed by atoms with van der Waals surface area (Å²) in [6.45, 7) is 5.66. The van der Waals surface area contributed by atoms with Gasteiger partial charge in [-0.2, -0.15) is 5.26 Å². The fraction of sp³-hybridized carbons (Fsp3) is 0.357. The first-order chi connectivity index (χ1) is 9.65. The maximum atomic E-state index is 9.29. The highest BCUT2D eigenvalue weighted by atomic mass is 32.2. The lowest BCUT2D eigenvalue weighted by molar-refractivity contribution is 0.726. The number of aromatic nitrogens is 3. The molecule has 0 aliphatic heterocycles. The van der Waals surface area contributed by atoms with E-state index in [9.17, 15) is 5.26 Å². The summed E-state index contributed by atoms with van der Waals surface area (Å²) in [5.41, 5.74) is 1.79. The van der Waals surface area contributed by atoms with Gasteiger partial charge >= 0.3 is 0 Å². The van der Waals surface area contributed by atoms with Crippen LogP contribution in [0.3, 0.4) is 0 Å². The normalized spacial score (nSPS) is 10.5. The minimum absolute atomic E-state index is 0.672.